The molecular weight excluding hydrogens is 252 g/mol. The predicted octanol–water partition coefficient (Wildman–Crippen LogP) is 4.65. The zero-order chi connectivity index (χ0) is 13.8. The maximum absolute atomic E-state index is 9.61. The zero-order valence-electron chi connectivity index (χ0n) is 11.7. The summed E-state index contributed by atoms with van der Waals surface area (Å²) in [7, 11) is 0. The lowest BCUT2D eigenvalue weighted by atomic mass is 10.1. The summed E-state index contributed by atoms with van der Waals surface area (Å²) < 4.78 is 0. The molecule has 2 aromatic carbocycles. The standard InChI is InChI=1S/C17H20OS/c1-12-6-4-7-13(2)17(12)11-19-16-9-5-8-15(10-16)14(3)18/h4-10,14,18H,11H2,1-3H3. The Hall–Kier alpha value is -1.25. The van der Waals surface area contributed by atoms with Crippen molar-refractivity contribution in [3.63, 3.8) is 0 Å². The van der Waals surface area contributed by atoms with E-state index in [2.05, 4.69) is 44.2 Å². The van der Waals surface area contributed by atoms with Crippen molar-refractivity contribution >= 4 is 11.8 Å². The van der Waals surface area contributed by atoms with Crippen molar-refractivity contribution in [3.05, 3.63) is 64.7 Å². The molecule has 1 unspecified atom stereocenters. The number of aliphatic hydroxyl groups is 1. The molecule has 0 heterocycles. The van der Waals surface area contributed by atoms with Crippen molar-refractivity contribution < 1.29 is 5.11 Å². The van der Waals surface area contributed by atoms with Crippen LogP contribution in [0.4, 0.5) is 0 Å². The molecule has 0 aromatic heterocycles. The second-order valence-electron chi connectivity index (χ2n) is 4.91. The molecule has 0 aliphatic carbocycles. The van der Waals surface area contributed by atoms with E-state index < -0.39 is 6.10 Å². The summed E-state index contributed by atoms with van der Waals surface area (Å²) in [6.07, 6.45) is -0.402. The quantitative estimate of drug-likeness (QED) is 0.818. The van der Waals surface area contributed by atoms with Gasteiger partial charge < -0.3 is 5.11 Å². The fraction of sp³-hybridized carbons (Fsp3) is 0.294. The Kier molecular flexibility index (Phi) is 4.67. The fourth-order valence-corrected chi connectivity index (χ4v) is 3.26. The van der Waals surface area contributed by atoms with Crippen LogP contribution in [0.2, 0.25) is 0 Å². The Morgan fingerprint density at radius 3 is 2.32 bits per heavy atom. The van der Waals surface area contributed by atoms with Gasteiger partial charge in [0.05, 0.1) is 6.10 Å². The van der Waals surface area contributed by atoms with E-state index >= 15 is 0 Å². The summed E-state index contributed by atoms with van der Waals surface area (Å²) in [6, 6.07) is 14.6. The van der Waals surface area contributed by atoms with Crippen molar-refractivity contribution in [3.8, 4) is 0 Å². The van der Waals surface area contributed by atoms with Gasteiger partial charge in [0, 0.05) is 10.6 Å². The minimum absolute atomic E-state index is 0.402. The molecule has 19 heavy (non-hydrogen) atoms. The molecule has 0 aliphatic heterocycles. The van der Waals surface area contributed by atoms with Gasteiger partial charge in [0.15, 0.2) is 0 Å². The van der Waals surface area contributed by atoms with Crippen LogP contribution < -0.4 is 0 Å². The lowest BCUT2D eigenvalue weighted by Crippen LogP contribution is -1.92. The third kappa shape index (κ3) is 3.62. The van der Waals surface area contributed by atoms with Gasteiger partial charge in [0.1, 0.15) is 0 Å². The van der Waals surface area contributed by atoms with Crippen molar-refractivity contribution in [1.29, 1.82) is 0 Å². The Labute approximate surface area is 119 Å². The lowest BCUT2D eigenvalue weighted by molar-refractivity contribution is 0.199. The molecule has 2 heteroatoms. The first-order chi connectivity index (χ1) is 9.08. The Bertz CT molecular complexity index is 541. The molecule has 2 rings (SSSR count). The van der Waals surface area contributed by atoms with Crippen molar-refractivity contribution in [1.82, 2.24) is 0 Å². The molecule has 1 atom stereocenters. The van der Waals surface area contributed by atoms with Gasteiger partial charge in [0.25, 0.3) is 0 Å². The van der Waals surface area contributed by atoms with Crippen LogP contribution in [-0.4, -0.2) is 5.11 Å². The summed E-state index contributed by atoms with van der Waals surface area (Å²) in [5, 5.41) is 9.61. The number of benzene rings is 2. The van der Waals surface area contributed by atoms with E-state index in [1.165, 1.54) is 21.6 Å². The first kappa shape index (κ1) is 14.2. The van der Waals surface area contributed by atoms with E-state index in [4.69, 9.17) is 0 Å². The molecule has 1 N–H and O–H groups in total. The fourth-order valence-electron chi connectivity index (χ4n) is 2.10. The number of hydrogen-bond acceptors (Lipinski definition) is 2. The lowest BCUT2D eigenvalue weighted by Gasteiger charge is -2.10. The highest BCUT2D eigenvalue weighted by molar-refractivity contribution is 7.98. The Morgan fingerprint density at radius 1 is 1.05 bits per heavy atom. The molecule has 0 fully saturated rings. The van der Waals surface area contributed by atoms with E-state index in [-0.39, 0.29) is 0 Å². The molecule has 2 aromatic rings. The maximum Gasteiger partial charge on any atom is 0.0762 e. The smallest absolute Gasteiger partial charge is 0.0762 e. The Balaban J connectivity index is 2.12. The van der Waals surface area contributed by atoms with Crippen molar-refractivity contribution in [2.75, 3.05) is 0 Å². The van der Waals surface area contributed by atoms with E-state index in [1.54, 1.807) is 6.92 Å². The monoisotopic (exact) mass is 272 g/mol. The van der Waals surface area contributed by atoms with Crippen LogP contribution in [0.15, 0.2) is 47.4 Å². The molecule has 0 radical (unpaired) electrons. The zero-order valence-corrected chi connectivity index (χ0v) is 12.5. The second-order valence-corrected chi connectivity index (χ2v) is 5.96. The number of hydrogen-bond donors (Lipinski definition) is 1. The molecule has 0 saturated carbocycles. The summed E-state index contributed by atoms with van der Waals surface area (Å²) in [5.74, 6) is 0.974. The summed E-state index contributed by atoms with van der Waals surface area (Å²) in [6.45, 7) is 6.12. The van der Waals surface area contributed by atoms with Gasteiger partial charge in [-0.2, -0.15) is 0 Å². The highest BCUT2D eigenvalue weighted by Crippen LogP contribution is 2.28. The first-order valence-electron chi connectivity index (χ1n) is 6.54. The van der Waals surface area contributed by atoms with Crippen LogP contribution in [0.5, 0.6) is 0 Å². The summed E-state index contributed by atoms with van der Waals surface area (Å²) in [4.78, 5) is 1.21. The highest BCUT2D eigenvalue weighted by Gasteiger charge is 2.05. The third-order valence-electron chi connectivity index (χ3n) is 3.37. The average Bonchev–Trinajstić information content (AvgIpc) is 2.38. The van der Waals surface area contributed by atoms with Crippen molar-refractivity contribution in [2.24, 2.45) is 0 Å². The highest BCUT2D eigenvalue weighted by atomic mass is 32.2. The SMILES string of the molecule is Cc1cccc(C)c1CSc1cccc(C(C)O)c1. The van der Waals surface area contributed by atoms with Gasteiger partial charge in [0.2, 0.25) is 0 Å². The van der Waals surface area contributed by atoms with Crippen LogP contribution in [0.1, 0.15) is 35.3 Å². The minimum atomic E-state index is -0.402. The molecule has 0 amide bonds. The average molecular weight is 272 g/mol. The van der Waals surface area contributed by atoms with Gasteiger partial charge in [-0.25, -0.2) is 0 Å². The van der Waals surface area contributed by atoms with E-state index in [1.807, 2.05) is 23.9 Å². The number of aryl methyl sites for hydroxylation is 2. The molecule has 1 nitrogen and oxygen atoms in total. The van der Waals surface area contributed by atoms with Gasteiger partial charge >= 0.3 is 0 Å². The first-order valence-corrected chi connectivity index (χ1v) is 7.52. The minimum Gasteiger partial charge on any atom is -0.389 e. The summed E-state index contributed by atoms with van der Waals surface area (Å²) >= 11 is 1.82. The molecule has 0 saturated heterocycles. The van der Waals surface area contributed by atoms with E-state index in [9.17, 15) is 5.11 Å². The summed E-state index contributed by atoms with van der Waals surface area (Å²) in [5.41, 5.74) is 5.08. The van der Waals surface area contributed by atoms with E-state index in [0.29, 0.717) is 0 Å². The van der Waals surface area contributed by atoms with E-state index in [0.717, 1.165) is 11.3 Å². The predicted molar refractivity (Wildman–Crippen MR) is 82.6 cm³/mol. The van der Waals surface area contributed by atoms with Crippen LogP contribution in [0.3, 0.4) is 0 Å². The number of aliphatic hydroxyl groups excluding tert-OH is 1. The van der Waals surface area contributed by atoms with Crippen LogP contribution >= 0.6 is 11.8 Å². The molecule has 0 aliphatic rings. The molecular formula is C17H20OS. The largest absolute Gasteiger partial charge is 0.389 e. The third-order valence-corrected chi connectivity index (χ3v) is 4.39. The molecule has 0 spiro atoms. The normalized spacial score (nSPS) is 12.4. The number of thioether (sulfide) groups is 1. The van der Waals surface area contributed by atoms with Gasteiger partial charge in [-0.3, -0.25) is 0 Å². The second kappa shape index (κ2) is 6.27. The molecule has 0 bridgehead atoms. The van der Waals surface area contributed by atoms with Gasteiger partial charge in [-0.15, -0.1) is 11.8 Å². The van der Waals surface area contributed by atoms with Crippen molar-refractivity contribution in [2.45, 2.75) is 37.5 Å². The van der Waals surface area contributed by atoms with Gasteiger partial charge in [-0.1, -0.05) is 30.3 Å². The van der Waals surface area contributed by atoms with Crippen LogP contribution in [0.25, 0.3) is 0 Å². The topological polar surface area (TPSA) is 20.2 Å². The maximum atomic E-state index is 9.61. The molecule has 100 valence electrons. The number of rotatable bonds is 4. The van der Waals surface area contributed by atoms with Crippen LogP contribution in [0, 0.1) is 13.8 Å². The Morgan fingerprint density at radius 2 is 1.68 bits per heavy atom. The van der Waals surface area contributed by atoms with Gasteiger partial charge in [-0.05, 0) is 55.2 Å². The van der Waals surface area contributed by atoms with Crippen LogP contribution in [-0.2, 0) is 5.75 Å².